The van der Waals surface area contributed by atoms with E-state index in [1.807, 2.05) is 6.07 Å². The zero-order chi connectivity index (χ0) is 16.6. The SMILES string of the molecule is N#Cc1cn(S(=O)(=O)c2ccc([N+](=O)[O-])cc2)c2ccccc12. The number of fused-ring (bicyclic) bond motifs is 1. The van der Waals surface area contributed by atoms with Crippen molar-refractivity contribution in [1.82, 2.24) is 3.97 Å². The summed E-state index contributed by atoms with van der Waals surface area (Å²) in [5.41, 5.74) is 0.424. The van der Waals surface area contributed by atoms with Crippen molar-refractivity contribution in [2.24, 2.45) is 0 Å². The molecule has 0 N–H and O–H groups in total. The van der Waals surface area contributed by atoms with Crippen LogP contribution < -0.4 is 0 Å². The number of para-hydroxylation sites is 1. The number of rotatable bonds is 3. The van der Waals surface area contributed by atoms with E-state index in [9.17, 15) is 18.5 Å². The predicted molar refractivity (Wildman–Crippen MR) is 82.3 cm³/mol. The molecule has 8 heteroatoms. The largest absolute Gasteiger partial charge is 0.269 e. The Morgan fingerprint density at radius 2 is 1.74 bits per heavy atom. The van der Waals surface area contributed by atoms with E-state index in [0.29, 0.717) is 10.9 Å². The molecule has 3 aromatic rings. The van der Waals surface area contributed by atoms with Gasteiger partial charge in [-0.1, -0.05) is 18.2 Å². The fraction of sp³-hybridized carbons (Fsp3) is 0. The summed E-state index contributed by atoms with van der Waals surface area (Å²) in [6, 6.07) is 13.2. The number of nitriles is 1. The van der Waals surface area contributed by atoms with Gasteiger partial charge in [0.05, 0.1) is 20.9 Å². The lowest BCUT2D eigenvalue weighted by Crippen LogP contribution is -2.11. The third-order valence-electron chi connectivity index (χ3n) is 3.40. The predicted octanol–water partition coefficient (Wildman–Crippen LogP) is 2.66. The van der Waals surface area contributed by atoms with Crippen LogP contribution >= 0.6 is 0 Å². The average Bonchev–Trinajstić information content (AvgIpc) is 2.94. The summed E-state index contributed by atoms with van der Waals surface area (Å²) in [6.45, 7) is 0. The molecule has 0 saturated carbocycles. The Morgan fingerprint density at radius 1 is 1.09 bits per heavy atom. The van der Waals surface area contributed by atoms with Crippen molar-refractivity contribution in [3.8, 4) is 6.07 Å². The maximum absolute atomic E-state index is 12.7. The van der Waals surface area contributed by atoms with Crippen LogP contribution in [-0.2, 0) is 10.0 Å². The van der Waals surface area contributed by atoms with Crippen molar-refractivity contribution in [3.05, 3.63) is 70.4 Å². The molecule has 0 radical (unpaired) electrons. The van der Waals surface area contributed by atoms with E-state index in [2.05, 4.69) is 0 Å². The summed E-state index contributed by atoms with van der Waals surface area (Å²) in [5, 5.41) is 20.3. The second-order valence-electron chi connectivity index (χ2n) is 4.72. The van der Waals surface area contributed by atoms with E-state index in [0.717, 1.165) is 16.1 Å². The van der Waals surface area contributed by atoms with Crippen molar-refractivity contribution in [2.75, 3.05) is 0 Å². The van der Waals surface area contributed by atoms with E-state index in [1.165, 1.54) is 18.3 Å². The number of hydrogen-bond acceptors (Lipinski definition) is 5. The van der Waals surface area contributed by atoms with Crippen LogP contribution in [0, 0.1) is 21.4 Å². The normalized spacial score (nSPS) is 11.3. The van der Waals surface area contributed by atoms with Gasteiger partial charge in [-0.2, -0.15) is 5.26 Å². The Labute approximate surface area is 131 Å². The van der Waals surface area contributed by atoms with Crippen molar-refractivity contribution in [2.45, 2.75) is 4.90 Å². The molecule has 0 amide bonds. The minimum atomic E-state index is -3.95. The molecule has 3 rings (SSSR count). The lowest BCUT2D eigenvalue weighted by molar-refractivity contribution is -0.384. The van der Waals surface area contributed by atoms with Gasteiger partial charge < -0.3 is 0 Å². The van der Waals surface area contributed by atoms with Gasteiger partial charge in [-0.15, -0.1) is 0 Å². The summed E-state index contributed by atoms with van der Waals surface area (Å²) in [6.07, 6.45) is 1.25. The van der Waals surface area contributed by atoms with Crippen molar-refractivity contribution in [1.29, 1.82) is 5.26 Å². The first kappa shape index (κ1) is 14.7. The second-order valence-corrected chi connectivity index (χ2v) is 6.54. The first-order chi connectivity index (χ1) is 10.9. The molecule has 23 heavy (non-hydrogen) atoms. The molecular formula is C15H9N3O4S. The molecule has 0 fully saturated rings. The third-order valence-corrected chi connectivity index (χ3v) is 5.09. The number of hydrogen-bond donors (Lipinski definition) is 0. The molecule has 0 aliphatic carbocycles. The topological polar surface area (TPSA) is 106 Å². The Bertz CT molecular complexity index is 1060. The van der Waals surface area contributed by atoms with E-state index < -0.39 is 14.9 Å². The number of nitro benzene ring substituents is 1. The fourth-order valence-electron chi connectivity index (χ4n) is 2.29. The molecule has 0 bridgehead atoms. The van der Waals surface area contributed by atoms with Crippen LogP contribution in [0.1, 0.15) is 5.56 Å². The first-order valence-corrected chi connectivity index (χ1v) is 7.89. The molecule has 1 aromatic heterocycles. The molecule has 1 heterocycles. The highest BCUT2D eigenvalue weighted by Crippen LogP contribution is 2.26. The Kier molecular flexibility index (Phi) is 3.35. The molecule has 0 saturated heterocycles. The van der Waals surface area contributed by atoms with Gasteiger partial charge in [-0.25, -0.2) is 12.4 Å². The fourth-order valence-corrected chi connectivity index (χ4v) is 3.66. The molecule has 0 spiro atoms. The van der Waals surface area contributed by atoms with Gasteiger partial charge in [0, 0.05) is 23.7 Å². The molecule has 0 atom stereocenters. The zero-order valence-electron chi connectivity index (χ0n) is 11.6. The molecule has 0 aliphatic heterocycles. The smallest absolute Gasteiger partial charge is 0.258 e. The van der Waals surface area contributed by atoms with Crippen LogP contribution in [0.4, 0.5) is 5.69 Å². The standard InChI is InChI=1S/C15H9N3O4S/c16-9-11-10-17(15-4-2-1-3-14(11)15)23(21,22)13-7-5-12(6-8-13)18(19)20/h1-8,10H. The van der Waals surface area contributed by atoms with Gasteiger partial charge in [0.2, 0.25) is 0 Å². The first-order valence-electron chi connectivity index (χ1n) is 6.45. The van der Waals surface area contributed by atoms with Crippen molar-refractivity contribution >= 4 is 26.6 Å². The monoisotopic (exact) mass is 327 g/mol. The van der Waals surface area contributed by atoms with Crippen molar-refractivity contribution < 1.29 is 13.3 Å². The lowest BCUT2D eigenvalue weighted by Gasteiger charge is -2.07. The number of benzene rings is 2. The minimum Gasteiger partial charge on any atom is -0.258 e. The van der Waals surface area contributed by atoms with Gasteiger partial charge in [0.15, 0.2) is 0 Å². The summed E-state index contributed by atoms with van der Waals surface area (Å²) in [5.74, 6) is 0. The number of nitro groups is 1. The van der Waals surface area contributed by atoms with Gasteiger partial charge in [-0.05, 0) is 18.2 Å². The highest BCUT2D eigenvalue weighted by molar-refractivity contribution is 7.90. The number of non-ortho nitro benzene ring substituents is 1. The van der Waals surface area contributed by atoms with Gasteiger partial charge in [-0.3, -0.25) is 10.1 Å². The number of aromatic nitrogens is 1. The lowest BCUT2D eigenvalue weighted by atomic mass is 10.2. The zero-order valence-corrected chi connectivity index (χ0v) is 12.4. The summed E-state index contributed by atoms with van der Waals surface area (Å²) in [7, 11) is -3.95. The second kappa shape index (κ2) is 5.23. The van der Waals surface area contributed by atoms with E-state index >= 15 is 0 Å². The minimum absolute atomic E-state index is 0.0895. The summed E-state index contributed by atoms with van der Waals surface area (Å²) >= 11 is 0. The van der Waals surface area contributed by atoms with Crippen LogP contribution in [0.2, 0.25) is 0 Å². The van der Waals surface area contributed by atoms with E-state index in [-0.39, 0.29) is 16.1 Å². The van der Waals surface area contributed by atoms with Crippen LogP contribution in [0.5, 0.6) is 0 Å². The average molecular weight is 327 g/mol. The third kappa shape index (κ3) is 2.33. The van der Waals surface area contributed by atoms with Crippen LogP contribution in [-0.4, -0.2) is 17.3 Å². The van der Waals surface area contributed by atoms with Crippen LogP contribution in [0.15, 0.2) is 59.6 Å². The molecule has 2 aromatic carbocycles. The molecule has 7 nitrogen and oxygen atoms in total. The molecular weight excluding hydrogens is 318 g/mol. The maximum Gasteiger partial charge on any atom is 0.269 e. The Morgan fingerprint density at radius 3 is 2.35 bits per heavy atom. The molecule has 0 aliphatic rings. The summed E-state index contributed by atoms with van der Waals surface area (Å²) in [4.78, 5) is 9.97. The van der Waals surface area contributed by atoms with Gasteiger partial charge >= 0.3 is 0 Å². The van der Waals surface area contributed by atoms with Gasteiger partial charge in [0.25, 0.3) is 15.7 Å². The molecule has 0 unspecified atom stereocenters. The van der Waals surface area contributed by atoms with Crippen LogP contribution in [0.25, 0.3) is 10.9 Å². The molecule has 114 valence electrons. The van der Waals surface area contributed by atoms with E-state index in [1.54, 1.807) is 24.3 Å². The maximum atomic E-state index is 12.7. The van der Waals surface area contributed by atoms with E-state index in [4.69, 9.17) is 5.26 Å². The van der Waals surface area contributed by atoms with Crippen molar-refractivity contribution in [3.63, 3.8) is 0 Å². The van der Waals surface area contributed by atoms with Gasteiger partial charge in [0.1, 0.15) is 6.07 Å². The Hall–Kier alpha value is -3.18. The quantitative estimate of drug-likeness (QED) is 0.543. The highest BCUT2D eigenvalue weighted by Gasteiger charge is 2.21. The Balaban J connectivity index is 2.21. The highest BCUT2D eigenvalue weighted by atomic mass is 32.2. The number of nitrogens with zero attached hydrogens (tertiary/aromatic N) is 3. The summed E-state index contributed by atoms with van der Waals surface area (Å²) < 4.78 is 26.5. The van der Waals surface area contributed by atoms with Crippen LogP contribution in [0.3, 0.4) is 0 Å².